The number of alkyl halides is 1. The first-order valence-electron chi connectivity index (χ1n) is 4.41. The Labute approximate surface area is 102 Å². The molecule has 0 aliphatic rings. The first kappa shape index (κ1) is 12.4. The van der Waals surface area contributed by atoms with Crippen molar-refractivity contribution >= 4 is 28.6 Å². The largest absolute Gasteiger partial charge is 0.427 e. The van der Waals surface area contributed by atoms with Crippen molar-refractivity contribution in [2.45, 2.75) is 12.8 Å². The van der Waals surface area contributed by atoms with Crippen molar-refractivity contribution in [3.05, 3.63) is 34.3 Å². The molecule has 0 N–H and O–H groups in total. The molecule has 0 saturated heterocycles. The first-order chi connectivity index (χ1) is 7.02. The van der Waals surface area contributed by atoms with Gasteiger partial charge < -0.3 is 4.74 Å². The monoisotopic (exact) mass is 321 g/mol. The van der Waals surface area contributed by atoms with Gasteiger partial charge in [-0.3, -0.25) is 9.18 Å². The van der Waals surface area contributed by atoms with E-state index in [2.05, 4.69) is 29.5 Å². The van der Waals surface area contributed by atoms with Crippen LogP contribution in [0.1, 0.15) is 18.4 Å². The molecular formula is C11H11FIO2. The first-order valence-corrected chi connectivity index (χ1v) is 5.48. The van der Waals surface area contributed by atoms with Gasteiger partial charge in [0.2, 0.25) is 0 Å². The zero-order valence-corrected chi connectivity index (χ0v) is 10.5. The predicted octanol–water partition coefficient (Wildman–Crippen LogP) is 3.10. The van der Waals surface area contributed by atoms with Crippen molar-refractivity contribution in [2.24, 2.45) is 0 Å². The lowest BCUT2D eigenvalue weighted by Gasteiger charge is -2.10. The van der Waals surface area contributed by atoms with E-state index in [1.807, 2.05) is 6.07 Å². The number of ether oxygens (including phenoxy) is 1. The molecule has 1 radical (unpaired) electrons. The van der Waals surface area contributed by atoms with Gasteiger partial charge in [0.05, 0.1) is 6.67 Å². The Kier molecular flexibility index (Phi) is 4.50. The molecule has 1 rings (SSSR count). The van der Waals surface area contributed by atoms with E-state index in [4.69, 9.17) is 4.74 Å². The number of hydrogen-bond acceptors (Lipinski definition) is 2. The molecule has 1 aromatic rings. The Morgan fingerprint density at radius 1 is 1.60 bits per heavy atom. The second-order valence-corrected chi connectivity index (χ2v) is 4.41. The van der Waals surface area contributed by atoms with Gasteiger partial charge in [-0.15, -0.1) is 0 Å². The van der Waals surface area contributed by atoms with Crippen LogP contribution in [0.5, 0.6) is 5.75 Å². The number of esters is 1. The van der Waals surface area contributed by atoms with Crippen LogP contribution in [0.3, 0.4) is 0 Å². The molecule has 0 heterocycles. The summed E-state index contributed by atoms with van der Waals surface area (Å²) < 4.78 is 18.3. The summed E-state index contributed by atoms with van der Waals surface area (Å²) in [4.78, 5) is 10.8. The van der Waals surface area contributed by atoms with Gasteiger partial charge in [0.1, 0.15) is 5.75 Å². The van der Waals surface area contributed by atoms with Gasteiger partial charge in [0.25, 0.3) is 0 Å². The lowest BCUT2D eigenvalue weighted by molar-refractivity contribution is -0.131. The Morgan fingerprint density at radius 3 is 2.80 bits per heavy atom. The fourth-order valence-corrected chi connectivity index (χ4v) is 1.80. The Balaban J connectivity index is 2.99. The van der Waals surface area contributed by atoms with Gasteiger partial charge in [-0.05, 0) is 53.3 Å². The Hall–Kier alpha value is -0.650. The highest BCUT2D eigenvalue weighted by molar-refractivity contribution is 14.1. The second-order valence-electron chi connectivity index (χ2n) is 3.17. The molecule has 2 nitrogen and oxygen atoms in total. The highest BCUT2D eigenvalue weighted by Gasteiger charge is 2.09. The topological polar surface area (TPSA) is 26.3 Å². The van der Waals surface area contributed by atoms with Crippen LogP contribution in [0.4, 0.5) is 4.39 Å². The summed E-state index contributed by atoms with van der Waals surface area (Å²) in [6.07, 6.45) is 0. The molecule has 0 bridgehead atoms. The molecule has 0 spiro atoms. The molecule has 1 atom stereocenters. The summed E-state index contributed by atoms with van der Waals surface area (Å²) in [5.74, 6) is -0.371. The quantitative estimate of drug-likeness (QED) is 0.486. The van der Waals surface area contributed by atoms with Crippen LogP contribution in [0.25, 0.3) is 0 Å². The van der Waals surface area contributed by atoms with Crippen molar-refractivity contribution in [3.63, 3.8) is 0 Å². The third-order valence-electron chi connectivity index (χ3n) is 1.81. The molecule has 0 aliphatic heterocycles. The van der Waals surface area contributed by atoms with Crippen molar-refractivity contribution in [3.8, 4) is 5.75 Å². The van der Waals surface area contributed by atoms with E-state index < -0.39 is 12.6 Å². The maximum atomic E-state index is 12.4. The van der Waals surface area contributed by atoms with Crippen LogP contribution in [0, 0.1) is 10.5 Å². The molecular weight excluding hydrogens is 310 g/mol. The Bertz CT molecular complexity index is 366. The number of halogens is 2. The van der Waals surface area contributed by atoms with Crippen LogP contribution >= 0.6 is 22.6 Å². The van der Waals surface area contributed by atoms with E-state index in [0.717, 1.165) is 9.13 Å². The number of carbonyl (C=O) groups excluding carboxylic acids is 1. The third-order valence-corrected chi connectivity index (χ3v) is 2.44. The van der Waals surface area contributed by atoms with Gasteiger partial charge in [-0.2, -0.15) is 0 Å². The number of carbonyl (C=O) groups is 1. The average Bonchev–Trinajstić information content (AvgIpc) is 2.14. The molecule has 81 valence electrons. The van der Waals surface area contributed by atoms with Gasteiger partial charge in [0.15, 0.2) is 0 Å². The molecule has 4 heteroatoms. The summed E-state index contributed by atoms with van der Waals surface area (Å²) >= 11 is 2.09. The minimum Gasteiger partial charge on any atom is -0.427 e. The van der Waals surface area contributed by atoms with Crippen molar-refractivity contribution in [1.29, 1.82) is 0 Å². The lowest BCUT2D eigenvalue weighted by Crippen LogP contribution is -2.03. The lowest BCUT2D eigenvalue weighted by atomic mass is 10.0. The number of benzene rings is 1. The van der Waals surface area contributed by atoms with Crippen LogP contribution in [0.15, 0.2) is 18.2 Å². The van der Waals surface area contributed by atoms with Crippen LogP contribution in [0.2, 0.25) is 0 Å². The number of hydrogen-bond donors (Lipinski definition) is 0. The van der Waals surface area contributed by atoms with E-state index in [9.17, 15) is 9.18 Å². The average molecular weight is 321 g/mol. The van der Waals surface area contributed by atoms with Crippen molar-refractivity contribution in [2.75, 3.05) is 6.67 Å². The number of rotatable bonds is 3. The molecule has 15 heavy (non-hydrogen) atoms. The fourth-order valence-electron chi connectivity index (χ4n) is 1.13. The molecule has 1 unspecified atom stereocenters. The fraction of sp³-hybridized carbons (Fsp3) is 0.273. The summed E-state index contributed by atoms with van der Waals surface area (Å²) in [6.45, 7) is 4.47. The van der Waals surface area contributed by atoms with E-state index >= 15 is 0 Å². The van der Waals surface area contributed by atoms with E-state index in [0.29, 0.717) is 5.75 Å². The van der Waals surface area contributed by atoms with E-state index in [1.165, 1.54) is 6.92 Å². The predicted molar refractivity (Wildman–Crippen MR) is 64.5 cm³/mol. The zero-order chi connectivity index (χ0) is 11.4. The standard InChI is InChI=1S/C11H11FIO2/c1-7(6-12)9-3-10(13)5-11(4-9)15-8(2)14/h3-5,7H,1,6H2,2H3. The minimum absolute atomic E-state index is 0.385. The molecule has 0 aromatic heterocycles. The van der Waals surface area contributed by atoms with Gasteiger partial charge >= 0.3 is 5.97 Å². The van der Waals surface area contributed by atoms with Gasteiger partial charge in [-0.25, -0.2) is 0 Å². The van der Waals surface area contributed by atoms with E-state index in [1.54, 1.807) is 12.1 Å². The highest BCUT2D eigenvalue weighted by Crippen LogP contribution is 2.24. The van der Waals surface area contributed by atoms with Crippen LogP contribution < -0.4 is 4.74 Å². The molecule has 0 amide bonds. The highest BCUT2D eigenvalue weighted by atomic mass is 127. The van der Waals surface area contributed by atoms with E-state index in [-0.39, 0.29) is 5.97 Å². The minimum atomic E-state index is -0.528. The molecule has 0 saturated carbocycles. The zero-order valence-electron chi connectivity index (χ0n) is 8.30. The van der Waals surface area contributed by atoms with Gasteiger partial charge in [-0.1, -0.05) is 0 Å². The summed E-state index contributed by atoms with van der Waals surface area (Å²) in [7, 11) is 0. The SMILES string of the molecule is [CH2]C(CF)c1cc(I)cc(OC(C)=O)c1. The molecule has 0 fully saturated rings. The summed E-state index contributed by atoms with van der Waals surface area (Å²) in [6, 6.07) is 5.18. The summed E-state index contributed by atoms with van der Waals surface area (Å²) in [5.41, 5.74) is 0.737. The van der Waals surface area contributed by atoms with Crippen LogP contribution in [-0.4, -0.2) is 12.6 Å². The van der Waals surface area contributed by atoms with Crippen molar-refractivity contribution in [1.82, 2.24) is 0 Å². The third kappa shape index (κ3) is 3.77. The summed E-state index contributed by atoms with van der Waals surface area (Å²) in [5, 5.41) is 0. The van der Waals surface area contributed by atoms with Crippen molar-refractivity contribution < 1.29 is 13.9 Å². The normalized spacial score (nSPS) is 12.3. The maximum absolute atomic E-state index is 12.4. The van der Waals surface area contributed by atoms with Gasteiger partial charge in [0, 0.05) is 16.4 Å². The molecule has 1 aromatic carbocycles. The second kappa shape index (κ2) is 5.44. The smallest absolute Gasteiger partial charge is 0.308 e. The maximum Gasteiger partial charge on any atom is 0.308 e. The molecule has 0 aliphatic carbocycles. The Morgan fingerprint density at radius 2 is 2.27 bits per heavy atom. The van der Waals surface area contributed by atoms with Crippen LogP contribution in [-0.2, 0) is 4.79 Å².